The van der Waals surface area contributed by atoms with Gasteiger partial charge in [0.2, 0.25) is 17.5 Å². The highest BCUT2D eigenvalue weighted by Gasteiger charge is 2.45. The van der Waals surface area contributed by atoms with E-state index in [1.54, 1.807) is 13.8 Å². The number of rotatable bonds is 7. The van der Waals surface area contributed by atoms with E-state index in [1.807, 2.05) is 0 Å². The number of hydrogen-bond donors (Lipinski definition) is 8. The summed E-state index contributed by atoms with van der Waals surface area (Å²) in [7, 11) is 0. The van der Waals surface area contributed by atoms with E-state index in [4.69, 9.17) is 13.9 Å². The Hall–Kier alpha value is -3.39. The molecule has 1 aliphatic rings. The van der Waals surface area contributed by atoms with Gasteiger partial charge >= 0.3 is 0 Å². The van der Waals surface area contributed by atoms with Crippen LogP contribution in [0.1, 0.15) is 25.8 Å². The first-order valence-corrected chi connectivity index (χ1v) is 11.9. The second-order valence-corrected chi connectivity index (χ2v) is 9.86. The molecule has 1 aliphatic heterocycles. The molecule has 0 bridgehead atoms. The van der Waals surface area contributed by atoms with Crippen LogP contribution in [0, 0.1) is 0 Å². The predicted molar refractivity (Wildman–Crippen MR) is 132 cm³/mol. The van der Waals surface area contributed by atoms with Crippen LogP contribution in [-0.4, -0.2) is 83.8 Å². The van der Waals surface area contributed by atoms with Crippen LogP contribution in [-0.2, 0) is 11.2 Å². The van der Waals surface area contributed by atoms with Crippen molar-refractivity contribution in [1.82, 2.24) is 0 Å². The third-order valence-electron chi connectivity index (χ3n) is 6.39. The Morgan fingerprint density at radius 2 is 1.66 bits per heavy atom. The minimum Gasteiger partial charge on any atom is -0.508 e. The van der Waals surface area contributed by atoms with Gasteiger partial charge in [-0.2, -0.15) is 0 Å². The molecule has 2 heterocycles. The summed E-state index contributed by atoms with van der Waals surface area (Å²) in [5, 5.41) is 81.0. The van der Waals surface area contributed by atoms with Crippen LogP contribution >= 0.6 is 0 Å². The maximum absolute atomic E-state index is 13.1. The molecular formula is C26H30O12. The number of phenolic OH excluding ortho intramolecular Hbond substituents is 2. The zero-order valence-corrected chi connectivity index (χ0v) is 20.6. The van der Waals surface area contributed by atoms with E-state index in [2.05, 4.69) is 0 Å². The summed E-state index contributed by atoms with van der Waals surface area (Å²) in [6, 6.07) is 6.50. The largest absolute Gasteiger partial charge is 0.508 e. The molecule has 0 aliphatic carbocycles. The molecule has 206 valence electrons. The molecule has 0 unspecified atom stereocenters. The van der Waals surface area contributed by atoms with Crippen LogP contribution in [0.4, 0.5) is 0 Å². The SMILES string of the molecule is CC(C)(O)CCc1c(O[C@@H]2O[C@@H](CO)[C@@H](O)[C@H](O)[C@H]2O)cc(O)c2c(=O)c(O)c(-c3ccc(O)cc3)oc12. The summed E-state index contributed by atoms with van der Waals surface area (Å²) in [6.45, 7) is 2.42. The number of fused-ring (bicyclic) bond motifs is 1. The summed E-state index contributed by atoms with van der Waals surface area (Å²) in [6.07, 6.45) is -7.83. The zero-order chi connectivity index (χ0) is 27.9. The van der Waals surface area contributed by atoms with E-state index in [0.29, 0.717) is 0 Å². The van der Waals surface area contributed by atoms with E-state index >= 15 is 0 Å². The van der Waals surface area contributed by atoms with E-state index in [9.17, 15) is 45.6 Å². The second kappa shape index (κ2) is 10.4. The van der Waals surface area contributed by atoms with Gasteiger partial charge in [0.1, 0.15) is 52.6 Å². The van der Waals surface area contributed by atoms with Gasteiger partial charge in [-0.3, -0.25) is 4.79 Å². The molecule has 12 nitrogen and oxygen atoms in total. The smallest absolute Gasteiger partial charge is 0.238 e. The lowest BCUT2D eigenvalue weighted by Gasteiger charge is -2.39. The molecule has 5 atom stereocenters. The Morgan fingerprint density at radius 1 is 1.00 bits per heavy atom. The fourth-order valence-corrected chi connectivity index (χ4v) is 4.24. The van der Waals surface area contributed by atoms with Crippen LogP contribution in [0.25, 0.3) is 22.3 Å². The van der Waals surface area contributed by atoms with Gasteiger partial charge in [0.05, 0.1) is 12.2 Å². The molecule has 38 heavy (non-hydrogen) atoms. The number of benzene rings is 2. The highest BCUT2D eigenvalue weighted by Crippen LogP contribution is 2.41. The van der Waals surface area contributed by atoms with Crippen molar-refractivity contribution in [3.63, 3.8) is 0 Å². The summed E-state index contributed by atoms with van der Waals surface area (Å²) in [4.78, 5) is 13.1. The average Bonchev–Trinajstić information content (AvgIpc) is 2.85. The third kappa shape index (κ3) is 5.27. The Bertz CT molecular complexity index is 1360. The molecule has 3 aromatic rings. The van der Waals surface area contributed by atoms with Gasteiger partial charge in [-0.25, -0.2) is 0 Å². The maximum atomic E-state index is 13.1. The molecule has 4 rings (SSSR count). The van der Waals surface area contributed by atoms with Crippen LogP contribution in [0.3, 0.4) is 0 Å². The quantitative estimate of drug-likeness (QED) is 0.208. The topological polar surface area (TPSA) is 211 Å². The number of ether oxygens (including phenoxy) is 2. The van der Waals surface area contributed by atoms with Crippen molar-refractivity contribution in [2.45, 2.75) is 63.0 Å². The fraction of sp³-hybridized carbons (Fsp3) is 0.423. The van der Waals surface area contributed by atoms with Crippen molar-refractivity contribution in [2.75, 3.05) is 6.61 Å². The van der Waals surface area contributed by atoms with Crippen molar-refractivity contribution in [1.29, 1.82) is 0 Å². The summed E-state index contributed by atoms with van der Waals surface area (Å²) in [5.41, 5.74) is -1.90. The van der Waals surface area contributed by atoms with Crippen LogP contribution in [0.5, 0.6) is 23.0 Å². The van der Waals surface area contributed by atoms with Gasteiger partial charge in [0.25, 0.3) is 0 Å². The molecule has 12 heteroatoms. The van der Waals surface area contributed by atoms with E-state index in [1.165, 1.54) is 24.3 Å². The van der Waals surface area contributed by atoms with Crippen LogP contribution < -0.4 is 10.2 Å². The Labute approximate surface area is 216 Å². The molecule has 8 N–H and O–H groups in total. The van der Waals surface area contributed by atoms with Gasteiger partial charge in [0.15, 0.2) is 5.76 Å². The molecule has 2 aromatic carbocycles. The Balaban J connectivity index is 1.90. The molecule has 0 amide bonds. The molecule has 0 spiro atoms. The number of aliphatic hydroxyl groups is 5. The average molecular weight is 535 g/mol. The summed E-state index contributed by atoms with van der Waals surface area (Å²) < 4.78 is 17.1. The maximum Gasteiger partial charge on any atom is 0.238 e. The van der Waals surface area contributed by atoms with E-state index in [-0.39, 0.29) is 52.2 Å². The fourth-order valence-electron chi connectivity index (χ4n) is 4.24. The van der Waals surface area contributed by atoms with Crippen molar-refractivity contribution in [3.05, 3.63) is 46.1 Å². The van der Waals surface area contributed by atoms with Crippen LogP contribution in [0.15, 0.2) is 39.5 Å². The monoisotopic (exact) mass is 534 g/mol. The van der Waals surface area contributed by atoms with Crippen molar-refractivity contribution in [2.24, 2.45) is 0 Å². The first-order chi connectivity index (χ1) is 17.8. The van der Waals surface area contributed by atoms with Crippen molar-refractivity contribution < 1.29 is 54.7 Å². The first-order valence-electron chi connectivity index (χ1n) is 11.9. The number of aryl methyl sites for hydroxylation is 1. The van der Waals surface area contributed by atoms with Crippen LogP contribution in [0.2, 0.25) is 0 Å². The molecular weight excluding hydrogens is 504 g/mol. The zero-order valence-electron chi connectivity index (χ0n) is 20.6. The third-order valence-corrected chi connectivity index (χ3v) is 6.39. The minimum atomic E-state index is -1.76. The summed E-state index contributed by atoms with van der Waals surface area (Å²) in [5.74, 6) is -1.87. The standard InChI is InChI=1S/C26H30O12/c1-26(2,35)8-7-13-15(36-25-22(34)20(32)18(30)16(10-27)37-25)9-14(29)17-19(31)21(33)23(38-24(13)17)11-3-5-12(28)6-4-11/h3-6,9,16,18,20,22,25,27-30,32-35H,7-8,10H2,1-2H3/t16-,18+,20-,22+,25+/m0/s1. The normalized spacial score (nSPS) is 24.0. The lowest BCUT2D eigenvalue weighted by molar-refractivity contribution is -0.277. The number of aliphatic hydroxyl groups excluding tert-OH is 4. The highest BCUT2D eigenvalue weighted by atomic mass is 16.7. The molecule has 1 aromatic heterocycles. The molecule has 1 fully saturated rings. The highest BCUT2D eigenvalue weighted by molar-refractivity contribution is 5.91. The van der Waals surface area contributed by atoms with Gasteiger partial charge < -0.3 is 54.7 Å². The summed E-state index contributed by atoms with van der Waals surface area (Å²) >= 11 is 0. The minimum absolute atomic E-state index is 0.0236. The number of aromatic hydroxyl groups is 3. The van der Waals surface area contributed by atoms with Crippen molar-refractivity contribution in [3.8, 4) is 34.3 Å². The van der Waals surface area contributed by atoms with Gasteiger partial charge in [0, 0.05) is 17.2 Å². The van der Waals surface area contributed by atoms with Gasteiger partial charge in [-0.05, 0) is 51.0 Å². The van der Waals surface area contributed by atoms with Crippen molar-refractivity contribution >= 4 is 11.0 Å². The second-order valence-electron chi connectivity index (χ2n) is 9.86. The van der Waals surface area contributed by atoms with Gasteiger partial charge in [-0.1, -0.05) is 0 Å². The number of phenols is 2. The lowest BCUT2D eigenvalue weighted by atomic mass is 9.96. The Morgan fingerprint density at radius 3 is 2.26 bits per heavy atom. The van der Waals surface area contributed by atoms with E-state index in [0.717, 1.165) is 6.07 Å². The molecule has 0 saturated carbocycles. The van der Waals surface area contributed by atoms with E-state index < -0.39 is 59.8 Å². The first kappa shape index (κ1) is 27.6. The number of hydrogen-bond acceptors (Lipinski definition) is 12. The molecule has 0 radical (unpaired) electrons. The van der Waals surface area contributed by atoms with Gasteiger partial charge in [-0.15, -0.1) is 0 Å². The lowest BCUT2D eigenvalue weighted by Crippen LogP contribution is -2.60. The molecule has 1 saturated heterocycles. The Kier molecular flexibility index (Phi) is 7.57. The predicted octanol–water partition coefficient (Wildman–Crippen LogP) is 0.459.